The van der Waals surface area contributed by atoms with Crippen LogP contribution in [0.15, 0.2) is 41.2 Å². The third kappa shape index (κ3) is 2.98. The lowest BCUT2D eigenvalue weighted by Gasteiger charge is -2.00. The molecule has 0 unspecified atom stereocenters. The van der Waals surface area contributed by atoms with Crippen LogP contribution in [-0.2, 0) is 6.54 Å². The van der Waals surface area contributed by atoms with E-state index in [0.29, 0.717) is 5.16 Å². The average molecular weight is 233 g/mol. The monoisotopic (exact) mass is 233 g/mol. The maximum Gasteiger partial charge on any atom is 0.193 e. The fourth-order valence-electron chi connectivity index (χ4n) is 1.12. The average Bonchev–Trinajstić information content (AvgIpc) is 2.33. The van der Waals surface area contributed by atoms with Gasteiger partial charge in [-0.2, -0.15) is 0 Å². The molecule has 5 nitrogen and oxygen atoms in total. The van der Waals surface area contributed by atoms with Crippen LogP contribution in [0.3, 0.4) is 0 Å². The zero-order chi connectivity index (χ0) is 11.2. The second-order valence-corrected chi connectivity index (χ2v) is 4.04. The zero-order valence-electron chi connectivity index (χ0n) is 8.79. The van der Waals surface area contributed by atoms with Gasteiger partial charge in [0.25, 0.3) is 0 Å². The van der Waals surface area contributed by atoms with Crippen molar-refractivity contribution in [3.8, 4) is 0 Å². The van der Waals surface area contributed by atoms with Crippen LogP contribution >= 0.6 is 11.8 Å². The van der Waals surface area contributed by atoms with Gasteiger partial charge >= 0.3 is 0 Å². The van der Waals surface area contributed by atoms with Gasteiger partial charge in [0.1, 0.15) is 5.03 Å². The molecule has 0 amide bonds. The Labute approximate surface area is 97.8 Å². The molecular weight excluding hydrogens is 222 g/mol. The second kappa shape index (κ2) is 5.53. The minimum absolute atomic E-state index is 0.681. The summed E-state index contributed by atoms with van der Waals surface area (Å²) < 4.78 is 0. The molecule has 0 aliphatic rings. The van der Waals surface area contributed by atoms with Crippen molar-refractivity contribution in [2.45, 2.75) is 16.7 Å². The van der Waals surface area contributed by atoms with E-state index in [0.717, 1.165) is 17.1 Å². The summed E-state index contributed by atoms with van der Waals surface area (Å²) >= 11 is 1.40. The Hall–Kier alpha value is -1.53. The van der Waals surface area contributed by atoms with Crippen molar-refractivity contribution in [1.82, 2.24) is 25.3 Å². The van der Waals surface area contributed by atoms with Gasteiger partial charge in [-0.25, -0.2) is 15.0 Å². The normalized spacial score (nSPS) is 10.3. The number of aromatic nitrogens is 4. The molecule has 0 atom stereocenters. The highest BCUT2D eigenvalue weighted by Crippen LogP contribution is 2.20. The molecule has 0 radical (unpaired) electrons. The first-order valence-corrected chi connectivity index (χ1v) is 5.59. The van der Waals surface area contributed by atoms with E-state index in [9.17, 15) is 0 Å². The minimum Gasteiger partial charge on any atom is -0.316 e. The number of nitrogens with one attached hydrogen (secondary N) is 1. The Morgan fingerprint density at radius 3 is 2.56 bits per heavy atom. The standard InChI is InChI=1S/C10H11N5S/c1-11-4-8-5-14-10(15-6-8)16-9-7-12-2-3-13-9/h2-3,5-7,11H,4H2,1H3. The number of rotatable bonds is 4. The summed E-state index contributed by atoms with van der Waals surface area (Å²) in [6, 6.07) is 0. The van der Waals surface area contributed by atoms with E-state index < -0.39 is 0 Å². The summed E-state index contributed by atoms with van der Waals surface area (Å²) in [6.45, 7) is 0.774. The predicted octanol–water partition coefficient (Wildman–Crippen LogP) is 1.14. The molecule has 0 aromatic carbocycles. The van der Waals surface area contributed by atoms with Gasteiger partial charge in [-0.05, 0) is 18.8 Å². The Balaban J connectivity index is 2.05. The van der Waals surface area contributed by atoms with Crippen LogP contribution in [0.1, 0.15) is 5.56 Å². The third-order valence-electron chi connectivity index (χ3n) is 1.80. The fraction of sp³-hybridized carbons (Fsp3) is 0.200. The summed E-state index contributed by atoms with van der Waals surface area (Å²) in [6.07, 6.45) is 8.60. The van der Waals surface area contributed by atoms with Gasteiger partial charge in [-0.3, -0.25) is 4.98 Å². The van der Waals surface area contributed by atoms with Gasteiger partial charge in [0, 0.05) is 36.9 Å². The van der Waals surface area contributed by atoms with Gasteiger partial charge in [-0.15, -0.1) is 0 Å². The molecule has 0 saturated heterocycles. The SMILES string of the molecule is CNCc1cnc(Sc2cnccn2)nc1. The summed E-state index contributed by atoms with van der Waals surface area (Å²) in [5.41, 5.74) is 1.06. The first kappa shape index (κ1) is 11.0. The predicted molar refractivity (Wildman–Crippen MR) is 61.0 cm³/mol. The Kier molecular flexibility index (Phi) is 3.79. The van der Waals surface area contributed by atoms with E-state index in [-0.39, 0.29) is 0 Å². The van der Waals surface area contributed by atoms with Crippen molar-refractivity contribution in [1.29, 1.82) is 0 Å². The molecule has 82 valence electrons. The van der Waals surface area contributed by atoms with E-state index in [1.54, 1.807) is 18.6 Å². The zero-order valence-corrected chi connectivity index (χ0v) is 9.61. The van der Waals surface area contributed by atoms with Gasteiger partial charge in [-0.1, -0.05) is 0 Å². The minimum atomic E-state index is 0.681. The van der Waals surface area contributed by atoms with Gasteiger partial charge in [0.15, 0.2) is 5.16 Å². The molecule has 16 heavy (non-hydrogen) atoms. The molecular formula is C10H11N5S. The van der Waals surface area contributed by atoms with Crippen molar-refractivity contribution in [3.05, 3.63) is 36.5 Å². The Morgan fingerprint density at radius 1 is 1.12 bits per heavy atom. The Bertz CT molecular complexity index is 431. The highest BCUT2D eigenvalue weighted by molar-refractivity contribution is 7.99. The molecule has 0 spiro atoms. The first-order chi connectivity index (χ1) is 7.88. The van der Waals surface area contributed by atoms with Crippen LogP contribution < -0.4 is 5.32 Å². The molecule has 0 aliphatic carbocycles. The molecule has 0 bridgehead atoms. The molecule has 2 rings (SSSR count). The lowest BCUT2D eigenvalue weighted by molar-refractivity contribution is 0.793. The number of hydrogen-bond acceptors (Lipinski definition) is 6. The lowest BCUT2D eigenvalue weighted by Crippen LogP contribution is -2.05. The summed E-state index contributed by atoms with van der Waals surface area (Å²) in [5, 5.41) is 4.52. The topological polar surface area (TPSA) is 63.6 Å². The molecule has 0 aliphatic heterocycles. The van der Waals surface area contributed by atoms with Crippen LogP contribution in [0.25, 0.3) is 0 Å². The lowest BCUT2D eigenvalue weighted by atomic mass is 10.3. The van der Waals surface area contributed by atoms with Crippen molar-refractivity contribution in [2.24, 2.45) is 0 Å². The smallest absolute Gasteiger partial charge is 0.193 e. The van der Waals surface area contributed by atoms with Gasteiger partial charge < -0.3 is 5.32 Å². The molecule has 2 aromatic rings. The molecule has 0 saturated carbocycles. The molecule has 2 aromatic heterocycles. The summed E-state index contributed by atoms with van der Waals surface area (Å²) in [4.78, 5) is 16.6. The van der Waals surface area contributed by atoms with Crippen LogP contribution in [-0.4, -0.2) is 27.0 Å². The quantitative estimate of drug-likeness (QED) is 0.799. The van der Waals surface area contributed by atoms with Crippen LogP contribution in [0.2, 0.25) is 0 Å². The third-order valence-corrected chi connectivity index (χ3v) is 2.61. The van der Waals surface area contributed by atoms with Crippen LogP contribution in [0.4, 0.5) is 0 Å². The fourth-order valence-corrected chi connectivity index (χ4v) is 1.75. The maximum absolute atomic E-state index is 4.24. The molecule has 6 heteroatoms. The highest BCUT2D eigenvalue weighted by atomic mass is 32.2. The van der Waals surface area contributed by atoms with E-state index in [2.05, 4.69) is 25.3 Å². The van der Waals surface area contributed by atoms with Crippen molar-refractivity contribution >= 4 is 11.8 Å². The summed E-state index contributed by atoms with van der Waals surface area (Å²) in [7, 11) is 1.89. The van der Waals surface area contributed by atoms with Crippen LogP contribution in [0.5, 0.6) is 0 Å². The van der Waals surface area contributed by atoms with E-state index in [4.69, 9.17) is 0 Å². The van der Waals surface area contributed by atoms with E-state index >= 15 is 0 Å². The van der Waals surface area contributed by atoms with Crippen LogP contribution in [0, 0.1) is 0 Å². The van der Waals surface area contributed by atoms with Gasteiger partial charge in [0.05, 0.1) is 6.20 Å². The largest absolute Gasteiger partial charge is 0.316 e. The number of nitrogens with zero attached hydrogens (tertiary/aromatic N) is 4. The first-order valence-electron chi connectivity index (χ1n) is 4.78. The molecule has 1 N–H and O–H groups in total. The van der Waals surface area contributed by atoms with Crippen molar-refractivity contribution < 1.29 is 0 Å². The Morgan fingerprint density at radius 2 is 1.94 bits per heavy atom. The van der Waals surface area contributed by atoms with E-state index in [1.807, 2.05) is 19.4 Å². The highest BCUT2D eigenvalue weighted by Gasteiger charge is 2.01. The van der Waals surface area contributed by atoms with Crippen molar-refractivity contribution in [3.63, 3.8) is 0 Å². The number of hydrogen-bond donors (Lipinski definition) is 1. The maximum atomic E-state index is 4.24. The second-order valence-electron chi connectivity index (χ2n) is 3.05. The molecule has 2 heterocycles. The summed E-state index contributed by atoms with van der Waals surface area (Å²) in [5.74, 6) is 0. The van der Waals surface area contributed by atoms with E-state index in [1.165, 1.54) is 11.8 Å². The van der Waals surface area contributed by atoms with Gasteiger partial charge in [0.2, 0.25) is 0 Å². The van der Waals surface area contributed by atoms with Crippen molar-refractivity contribution in [2.75, 3.05) is 7.05 Å². The molecule has 0 fully saturated rings.